The highest BCUT2D eigenvalue weighted by Crippen LogP contribution is 2.16. The molecule has 130 valence electrons. The predicted molar refractivity (Wildman–Crippen MR) is 95.1 cm³/mol. The molecule has 3 heterocycles. The minimum Gasteiger partial charge on any atom is -0.352 e. The zero-order valence-corrected chi connectivity index (χ0v) is 14.7. The lowest BCUT2D eigenvalue weighted by Gasteiger charge is -2.19. The summed E-state index contributed by atoms with van der Waals surface area (Å²) in [4.78, 5) is 19.2. The van der Waals surface area contributed by atoms with Gasteiger partial charge in [0.25, 0.3) is 5.91 Å². The maximum atomic E-state index is 12.3. The quantitative estimate of drug-likeness (QED) is 0.855. The third kappa shape index (κ3) is 3.93. The topological polar surface area (TPSA) is 63.1 Å². The Hall–Kier alpha value is -1.95. The van der Waals surface area contributed by atoms with Gasteiger partial charge in [-0.3, -0.25) is 9.48 Å². The second-order valence-electron chi connectivity index (χ2n) is 6.67. The van der Waals surface area contributed by atoms with Crippen molar-refractivity contribution in [2.24, 2.45) is 7.05 Å². The number of pyridine rings is 1. The fraction of sp³-hybridized carbons (Fsp3) is 0.611. The number of fused-ring (bicyclic) bond motifs is 1. The number of carbonyl (C=O) groups is 1. The fourth-order valence-corrected chi connectivity index (χ4v) is 3.40. The van der Waals surface area contributed by atoms with Crippen molar-refractivity contribution in [3.05, 3.63) is 23.5 Å². The van der Waals surface area contributed by atoms with E-state index >= 15 is 0 Å². The molecule has 1 N–H and O–H groups in total. The van der Waals surface area contributed by atoms with E-state index in [1.54, 1.807) is 10.9 Å². The van der Waals surface area contributed by atoms with Gasteiger partial charge in [-0.15, -0.1) is 0 Å². The summed E-state index contributed by atoms with van der Waals surface area (Å²) in [6.07, 6.45) is 7.96. The Morgan fingerprint density at radius 2 is 2.00 bits per heavy atom. The van der Waals surface area contributed by atoms with E-state index in [0.717, 1.165) is 29.7 Å². The van der Waals surface area contributed by atoms with Crippen molar-refractivity contribution in [1.29, 1.82) is 0 Å². The van der Waals surface area contributed by atoms with Crippen LogP contribution in [0.4, 0.5) is 0 Å². The summed E-state index contributed by atoms with van der Waals surface area (Å²) in [7, 11) is 1.87. The van der Waals surface area contributed by atoms with Gasteiger partial charge in [0.05, 0.1) is 11.3 Å². The number of amides is 1. The van der Waals surface area contributed by atoms with E-state index in [0.29, 0.717) is 12.1 Å². The molecule has 1 aliphatic heterocycles. The summed E-state index contributed by atoms with van der Waals surface area (Å²) in [5.74, 6) is -0.0523. The van der Waals surface area contributed by atoms with Crippen molar-refractivity contribution in [2.45, 2.75) is 39.0 Å². The van der Waals surface area contributed by atoms with E-state index in [1.165, 1.54) is 38.8 Å². The molecule has 2 aromatic rings. The monoisotopic (exact) mass is 329 g/mol. The van der Waals surface area contributed by atoms with Gasteiger partial charge in [0, 0.05) is 25.2 Å². The van der Waals surface area contributed by atoms with Crippen LogP contribution in [0.3, 0.4) is 0 Å². The summed E-state index contributed by atoms with van der Waals surface area (Å²) < 4.78 is 1.74. The molecular weight excluding hydrogens is 302 g/mol. The third-order valence-electron chi connectivity index (χ3n) is 4.76. The van der Waals surface area contributed by atoms with Crippen LogP contribution in [0.15, 0.2) is 12.3 Å². The van der Waals surface area contributed by atoms with Gasteiger partial charge in [-0.1, -0.05) is 12.8 Å². The maximum Gasteiger partial charge on any atom is 0.252 e. The Morgan fingerprint density at radius 1 is 1.25 bits per heavy atom. The van der Waals surface area contributed by atoms with Gasteiger partial charge < -0.3 is 10.2 Å². The average Bonchev–Trinajstić information content (AvgIpc) is 2.77. The van der Waals surface area contributed by atoms with E-state index in [4.69, 9.17) is 0 Å². The first-order valence-corrected chi connectivity index (χ1v) is 8.95. The van der Waals surface area contributed by atoms with Crippen LogP contribution >= 0.6 is 0 Å². The van der Waals surface area contributed by atoms with E-state index in [1.807, 2.05) is 20.0 Å². The van der Waals surface area contributed by atoms with Crippen LogP contribution in [-0.4, -0.2) is 51.8 Å². The Morgan fingerprint density at radius 3 is 2.75 bits per heavy atom. The molecule has 3 rings (SSSR count). The van der Waals surface area contributed by atoms with Crippen LogP contribution in [0.5, 0.6) is 0 Å². The molecule has 0 unspecified atom stereocenters. The van der Waals surface area contributed by atoms with Crippen molar-refractivity contribution in [3.8, 4) is 0 Å². The lowest BCUT2D eigenvalue weighted by molar-refractivity contribution is 0.0951. The first-order chi connectivity index (χ1) is 11.6. The van der Waals surface area contributed by atoms with Crippen LogP contribution < -0.4 is 5.32 Å². The summed E-state index contributed by atoms with van der Waals surface area (Å²) in [6, 6.07) is 1.88. The summed E-state index contributed by atoms with van der Waals surface area (Å²) >= 11 is 0. The van der Waals surface area contributed by atoms with E-state index < -0.39 is 0 Å². The van der Waals surface area contributed by atoms with Gasteiger partial charge in [0.2, 0.25) is 0 Å². The molecule has 0 aliphatic carbocycles. The van der Waals surface area contributed by atoms with Crippen LogP contribution in [0.1, 0.15) is 48.2 Å². The van der Waals surface area contributed by atoms with E-state index in [-0.39, 0.29) is 5.91 Å². The van der Waals surface area contributed by atoms with Crippen molar-refractivity contribution >= 4 is 16.9 Å². The van der Waals surface area contributed by atoms with Gasteiger partial charge in [0.15, 0.2) is 5.65 Å². The molecule has 0 spiro atoms. The first-order valence-electron chi connectivity index (χ1n) is 8.95. The molecule has 1 fully saturated rings. The minimum atomic E-state index is -0.0523. The Bertz CT molecular complexity index is 701. The number of nitrogens with one attached hydrogen (secondary N) is 1. The van der Waals surface area contributed by atoms with Crippen LogP contribution in [0, 0.1) is 6.92 Å². The number of nitrogens with zero attached hydrogens (tertiary/aromatic N) is 4. The Kier molecular flexibility index (Phi) is 5.45. The lowest BCUT2D eigenvalue weighted by atomic mass is 10.2. The summed E-state index contributed by atoms with van der Waals surface area (Å²) in [6.45, 7) is 6.12. The number of hydrogen-bond acceptors (Lipinski definition) is 4. The van der Waals surface area contributed by atoms with Crippen molar-refractivity contribution in [3.63, 3.8) is 0 Å². The minimum absolute atomic E-state index is 0.0523. The Balaban J connectivity index is 1.50. The van der Waals surface area contributed by atoms with Crippen LogP contribution in [0.25, 0.3) is 11.0 Å². The predicted octanol–water partition coefficient (Wildman–Crippen LogP) is 2.27. The molecular formula is C18H27N5O. The van der Waals surface area contributed by atoms with Crippen molar-refractivity contribution < 1.29 is 4.79 Å². The number of carbonyl (C=O) groups excluding carboxylic acids is 1. The van der Waals surface area contributed by atoms with E-state index in [9.17, 15) is 4.79 Å². The first kappa shape index (κ1) is 16.9. The molecule has 0 saturated carbocycles. The molecule has 0 atom stereocenters. The molecule has 0 radical (unpaired) electrons. The van der Waals surface area contributed by atoms with Crippen LogP contribution in [0.2, 0.25) is 0 Å². The van der Waals surface area contributed by atoms with Crippen molar-refractivity contribution in [1.82, 2.24) is 25.0 Å². The molecule has 1 aliphatic rings. The molecule has 0 aromatic carbocycles. The van der Waals surface area contributed by atoms with Gasteiger partial charge >= 0.3 is 0 Å². The molecule has 6 nitrogen and oxygen atoms in total. The van der Waals surface area contributed by atoms with Gasteiger partial charge in [0.1, 0.15) is 0 Å². The Labute approximate surface area is 143 Å². The van der Waals surface area contributed by atoms with Gasteiger partial charge in [-0.05, 0) is 51.9 Å². The number of aromatic nitrogens is 3. The zero-order chi connectivity index (χ0) is 16.9. The van der Waals surface area contributed by atoms with E-state index in [2.05, 4.69) is 20.3 Å². The number of rotatable bonds is 5. The highest BCUT2D eigenvalue weighted by atomic mass is 16.1. The molecule has 1 amide bonds. The molecule has 1 saturated heterocycles. The summed E-state index contributed by atoms with van der Waals surface area (Å²) in [5, 5.41) is 8.29. The smallest absolute Gasteiger partial charge is 0.252 e. The zero-order valence-electron chi connectivity index (χ0n) is 14.7. The van der Waals surface area contributed by atoms with Crippen molar-refractivity contribution in [2.75, 3.05) is 26.2 Å². The lowest BCUT2D eigenvalue weighted by Crippen LogP contribution is -2.30. The molecule has 2 aromatic heterocycles. The number of hydrogen-bond donors (Lipinski definition) is 1. The second kappa shape index (κ2) is 7.75. The number of aryl methyl sites for hydroxylation is 2. The van der Waals surface area contributed by atoms with Gasteiger partial charge in [-0.25, -0.2) is 4.98 Å². The van der Waals surface area contributed by atoms with Gasteiger partial charge in [-0.2, -0.15) is 5.10 Å². The second-order valence-corrected chi connectivity index (χ2v) is 6.67. The SMILES string of the molecule is Cc1nn(C)c2ncc(C(=O)NCCCN3CCCCCC3)cc12. The third-order valence-corrected chi connectivity index (χ3v) is 4.76. The highest BCUT2D eigenvalue weighted by Gasteiger charge is 2.12. The largest absolute Gasteiger partial charge is 0.352 e. The molecule has 6 heteroatoms. The average molecular weight is 329 g/mol. The standard InChI is InChI=1S/C18H27N5O/c1-14-16-12-15(13-20-17(16)22(2)21-14)18(24)19-8-7-11-23-9-5-3-4-6-10-23/h12-13H,3-11H2,1-2H3,(H,19,24). The summed E-state index contributed by atoms with van der Waals surface area (Å²) in [5.41, 5.74) is 2.31. The maximum absolute atomic E-state index is 12.3. The molecule has 24 heavy (non-hydrogen) atoms. The highest BCUT2D eigenvalue weighted by molar-refractivity contribution is 5.97. The van der Waals surface area contributed by atoms with Crippen LogP contribution in [-0.2, 0) is 7.05 Å². The fourth-order valence-electron chi connectivity index (χ4n) is 3.40. The normalized spacial score (nSPS) is 16.2. The molecule has 0 bridgehead atoms. The number of likely N-dealkylation sites (tertiary alicyclic amines) is 1.